The van der Waals surface area contributed by atoms with Crippen molar-refractivity contribution in [1.29, 1.82) is 0 Å². The van der Waals surface area contributed by atoms with Crippen LogP contribution in [0, 0.1) is 22.0 Å². The van der Waals surface area contributed by atoms with Gasteiger partial charge in [-0.1, -0.05) is 11.8 Å². The molecule has 0 bridgehead atoms. The van der Waals surface area contributed by atoms with E-state index in [1.54, 1.807) is 6.92 Å². The minimum Gasteiger partial charge on any atom is -0.465 e. The summed E-state index contributed by atoms with van der Waals surface area (Å²) in [5.74, 6) is 3.94. The Morgan fingerprint density at radius 2 is 2.10 bits per heavy atom. The maximum atomic E-state index is 11.6. The van der Waals surface area contributed by atoms with Gasteiger partial charge in [-0.15, -0.1) is 0 Å². The molecule has 0 unspecified atom stereocenters. The molecule has 0 radical (unpaired) electrons. The van der Waals surface area contributed by atoms with Crippen LogP contribution >= 0.6 is 0 Å². The highest BCUT2D eigenvalue weighted by molar-refractivity contribution is 5.93. The van der Waals surface area contributed by atoms with Crippen molar-refractivity contribution in [1.82, 2.24) is 0 Å². The summed E-state index contributed by atoms with van der Waals surface area (Å²) >= 11 is 0. The molecule has 0 saturated carbocycles. The number of hydrogen-bond acceptors (Lipinski definition) is 6. The third-order valence-corrected chi connectivity index (χ3v) is 2.38. The molecule has 0 aliphatic heterocycles. The van der Waals surface area contributed by atoms with Gasteiger partial charge < -0.3 is 9.47 Å². The molecule has 110 valence electrons. The Bertz CT molecular complexity index is 626. The van der Waals surface area contributed by atoms with E-state index >= 15 is 0 Å². The molecule has 0 atom stereocenters. The number of esters is 2. The van der Waals surface area contributed by atoms with Gasteiger partial charge in [-0.2, -0.15) is 0 Å². The molecule has 21 heavy (non-hydrogen) atoms. The lowest BCUT2D eigenvalue weighted by molar-refractivity contribution is -0.384. The Morgan fingerprint density at radius 1 is 1.38 bits per heavy atom. The number of nitro benzene ring substituents is 1. The zero-order valence-corrected chi connectivity index (χ0v) is 11.5. The summed E-state index contributed by atoms with van der Waals surface area (Å²) in [6, 6.07) is 3.64. The van der Waals surface area contributed by atoms with Crippen LogP contribution in [0.2, 0.25) is 0 Å². The molecule has 7 nitrogen and oxygen atoms in total. The molecule has 1 aromatic rings. The lowest BCUT2D eigenvalue weighted by Crippen LogP contribution is -2.05. The largest absolute Gasteiger partial charge is 0.465 e. The second-order valence-corrected chi connectivity index (χ2v) is 3.76. The van der Waals surface area contributed by atoms with Crippen LogP contribution in [-0.2, 0) is 14.3 Å². The maximum absolute atomic E-state index is 11.6. The molecule has 0 heterocycles. The van der Waals surface area contributed by atoms with Crippen LogP contribution in [0.1, 0.15) is 29.3 Å². The van der Waals surface area contributed by atoms with Gasteiger partial charge in [0.1, 0.15) is 6.42 Å². The number of carbonyl (C=O) groups is 2. The van der Waals surface area contributed by atoms with Crippen molar-refractivity contribution in [3.8, 4) is 11.8 Å². The third-order valence-electron chi connectivity index (χ3n) is 2.38. The number of ether oxygens (including phenoxy) is 2. The number of nitro groups is 1. The van der Waals surface area contributed by atoms with Crippen molar-refractivity contribution in [2.24, 2.45) is 0 Å². The van der Waals surface area contributed by atoms with Gasteiger partial charge in [0.25, 0.3) is 5.69 Å². The van der Waals surface area contributed by atoms with Crippen molar-refractivity contribution in [3.05, 3.63) is 39.4 Å². The molecule has 0 fully saturated rings. The van der Waals surface area contributed by atoms with E-state index in [0.717, 1.165) is 13.2 Å². The summed E-state index contributed by atoms with van der Waals surface area (Å²) in [6.45, 7) is 1.93. The fourth-order valence-corrected chi connectivity index (χ4v) is 1.46. The van der Waals surface area contributed by atoms with Gasteiger partial charge in [-0.05, 0) is 13.0 Å². The molecule has 7 heteroatoms. The summed E-state index contributed by atoms with van der Waals surface area (Å²) < 4.78 is 9.26. The fraction of sp³-hybridized carbons (Fsp3) is 0.286. The molecular formula is C14H13NO6. The average Bonchev–Trinajstić information content (AvgIpc) is 2.46. The Kier molecular flexibility index (Phi) is 5.89. The first-order valence-electron chi connectivity index (χ1n) is 6.00. The van der Waals surface area contributed by atoms with Crippen LogP contribution in [0.5, 0.6) is 0 Å². The lowest BCUT2D eigenvalue weighted by atomic mass is 10.1. The quantitative estimate of drug-likeness (QED) is 0.362. The predicted molar refractivity (Wildman–Crippen MR) is 72.6 cm³/mol. The van der Waals surface area contributed by atoms with Gasteiger partial charge in [0.15, 0.2) is 0 Å². The number of nitrogens with zero attached hydrogens (tertiary/aromatic N) is 1. The maximum Gasteiger partial charge on any atom is 0.339 e. The van der Waals surface area contributed by atoms with Gasteiger partial charge in [-0.3, -0.25) is 14.9 Å². The SMILES string of the molecule is CCOC(=O)CC#Cc1ccc([N+](=O)[O-])cc1C(=O)OC. The number of hydrogen-bond donors (Lipinski definition) is 0. The monoisotopic (exact) mass is 291 g/mol. The second-order valence-electron chi connectivity index (χ2n) is 3.76. The van der Waals surface area contributed by atoms with Crippen molar-refractivity contribution in [3.63, 3.8) is 0 Å². The first-order valence-corrected chi connectivity index (χ1v) is 6.00. The van der Waals surface area contributed by atoms with Gasteiger partial charge in [0, 0.05) is 17.7 Å². The van der Waals surface area contributed by atoms with Crippen LogP contribution in [0.15, 0.2) is 18.2 Å². The number of methoxy groups -OCH3 is 1. The van der Waals surface area contributed by atoms with Crippen molar-refractivity contribution in [2.75, 3.05) is 13.7 Å². The van der Waals surface area contributed by atoms with Gasteiger partial charge in [0.2, 0.25) is 0 Å². The number of carbonyl (C=O) groups excluding carboxylic acids is 2. The summed E-state index contributed by atoms with van der Waals surface area (Å²) in [6.07, 6.45) is -0.133. The predicted octanol–water partition coefficient (Wildman–Crippen LogP) is 1.69. The first kappa shape index (κ1) is 16.2. The molecule has 0 saturated heterocycles. The summed E-state index contributed by atoms with van der Waals surface area (Å²) in [5.41, 5.74) is -0.0221. The first-order chi connectivity index (χ1) is 9.99. The van der Waals surface area contributed by atoms with Crippen LogP contribution in [0.3, 0.4) is 0 Å². The van der Waals surface area contributed by atoms with Crippen LogP contribution < -0.4 is 0 Å². The van der Waals surface area contributed by atoms with Crippen LogP contribution in [0.25, 0.3) is 0 Å². The highest BCUT2D eigenvalue weighted by atomic mass is 16.6. The van der Waals surface area contributed by atoms with E-state index in [1.807, 2.05) is 0 Å². The summed E-state index contributed by atoms with van der Waals surface area (Å²) in [7, 11) is 1.16. The Labute approximate surface area is 121 Å². The topological polar surface area (TPSA) is 95.7 Å². The summed E-state index contributed by atoms with van der Waals surface area (Å²) in [4.78, 5) is 32.8. The van der Waals surface area contributed by atoms with E-state index in [1.165, 1.54) is 12.1 Å². The van der Waals surface area contributed by atoms with Gasteiger partial charge in [-0.25, -0.2) is 4.79 Å². The summed E-state index contributed by atoms with van der Waals surface area (Å²) in [5, 5.41) is 10.7. The molecule has 0 aliphatic rings. The number of non-ortho nitro benzene ring substituents is 1. The van der Waals surface area contributed by atoms with Gasteiger partial charge >= 0.3 is 11.9 Å². The van der Waals surface area contributed by atoms with E-state index in [0.29, 0.717) is 0 Å². The molecule has 0 amide bonds. The molecule has 0 spiro atoms. The number of benzene rings is 1. The molecule has 0 N–H and O–H groups in total. The van der Waals surface area contributed by atoms with Crippen LogP contribution in [-0.4, -0.2) is 30.6 Å². The van der Waals surface area contributed by atoms with Crippen molar-refractivity contribution in [2.45, 2.75) is 13.3 Å². The number of rotatable bonds is 4. The minimum absolute atomic E-state index is 0.0249. The Morgan fingerprint density at radius 3 is 2.67 bits per heavy atom. The molecule has 1 aromatic carbocycles. The average molecular weight is 291 g/mol. The Balaban J connectivity index is 3.06. The fourth-order valence-electron chi connectivity index (χ4n) is 1.46. The van der Waals surface area contributed by atoms with Crippen molar-refractivity contribution >= 4 is 17.6 Å². The van der Waals surface area contributed by atoms with Gasteiger partial charge in [0.05, 0.1) is 24.2 Å². The minimum atomic E-state index is -0.737. The molecular weight excluding hydrogens is 278 g/mol. The zero-order valence-electron chi connectivity index (χ0n) is 11.5. The standard InChI is InChI=1S/C14H13NO6/c1-3-21-13(16)6-4-5-10-7-8-11(15(18)19)9-12(10)14(17)20-2/h7-9H,3,6H2,1-2H3. The Hall–Kier alpha value is -2.88. The van der Waals surface area contributed by atoms with E-state index in [2.05, 4.69) is 16.6 Å². The normalized spacial score (nSPS) is 9.24. The smallest absolute Gasteiger partial charge is 0.339 e. The zero-order chi connectivity index (χ0) is 15.8. The molecule has 0 aromatic heterocycles. The highest BCUT2D eigenvalue weighted by Gasteiger charge is 2.16. The molecule has 1 rings (SSSR count). The molecule has 0 aliphatic carbocycles. The van der Waals surface area contributed by atoms with Crippen molar-refractivity contribution < 1.29 is 24.0 Å². The lowest BCUT2D eigenvalue weighted by Gasteiger charge is -2.02. The second kappa shape index (κ2) is 7.65. The van der Waals surface area contributed by atoms with E-state index in [9.17, 15) is 19.7 Å². The van der Waals surface area contributed by atoms with E-state index in [-0.39, 0.29) is 29.8 Å². The van der Waals surface area contributed by atoms with E-state index < -0.39 is 16.9 Å². The van der Waals surface area contributed by atoms with E-state index in [4.69, 9.17) is 4.74 Å². The highest BCUT2D eigenvalue weighted by Crippen LogP contribution is 2.18. The third kappa shape index (κ3) is 4.62. The van der Waals surface area contributed by atoms with Crippen LogP contribution in [0.4, 0.5) is 5.69 Å².